The molecule has 2 fully saturated rings. The minimum atomic E-state index is -3.75. The lowest BCUT2D eigenvalue weighted by molar-refractivity contribution is -0.156. The van der Waals surface area contributed by atoms with E-state index in [1.54, 1.807) is 31.2 Å². The number of carbonyl (C=O) groups is 1. The molecule has 1 heterocycles. The lowest BCUT2D eigenvalue weighted by Crippen LogP contribution is -2.57. The van der Waals surface area contributed by atoms with Crippen molar-refractivity contribution in [3.05, 3.63) is 71.0 Å². The molecule has 1 amide bonds. The van der Waals surface area contributed by atoms with Gasteiger partial charge in [-0.25, -0.2) is 21.6 Å². The number of rotatable bonds is 5. The average molecular weight is 467 g/mol. The van der Waals surface area contributed by atoms with Gasteiger partial charge in [0, 0.05) is 31.0 Å². The van der Waals surface area contributed by atoms with Crippen LogP contribution in [0.15, 0.2) is 48.5 Å². The molecule has 0 bridgehead atoms. The summed E-state index contributed by atoms with van der Waals surface area (Å²) in [6.07, 6.45) is -0.423. The molecule has 1 aliphatic carbocycles. The number of sulfonamides is 1. The van der Waals surface area contributed by atoms with Gasteiger partial charge in [0.15, 0.2) is 0 Å². The van der Waals surface area contributed by atoms with E-state index in [9.17, 15) is 26.4 Å². The average Bonchev–Trinajstić information content (AvgIpc) is 2.70. The monoisotopic (exact) mass is 466 g/mol. The van der Waals surface area contributed by atoms with Crippen molar-refractivity contribution < 1.29 is 26.4 Å². The van der Waals surface area contributed by atoms with Crippen LogP contribution in [-0.4, -0.2) is 30.6 Å². The first-order valence-electron chi connectivity index (χ1n) is 10.5. The molecule has 0 aromatic heterocycles. The SMILES string of the molecule is C[C@H]1CC[C@H](c2ccccc2)S(=O)(=O)N1Cc1ccc(C2(C(N)=O)CC(F)(F)C2)cc1F. The summed E-state index contributed by atoms with van der Waals surface area (Å²) in [4.78, 5) is 11.9. The van der Waals surface area contributed by atoms with Crippen LogP contribution in [0.5, 0.6) is 0 Å². The molecule has 2 aliphatic rings. The van der Waals surface area contributed by atoms with E-state index >= 15 is 0 Å². The third-order valence-electron chi connectivity index (χ3n) is 6.72. The summed E-state index contributed by atoms with van der Waals surface area (Å²) in [5, 5.41) is -0.711. The molecule has 5 nitrogen and oxygen atoms in total. The Balaban J connectivity index is 1.62. The summed E-state index contributed by atoms with van der Waals surface area (Å²) in [6, 6.07) is 12.4. The summed E-state index contributed by atoms with van der Waals surface area (Å²) in [5.74, 6) is -4.69. The van der Waals surface area contributed by atoms with Crippen LogP contribution in [0.1, 0.15) is 54.5 Å². The van der Waals surface area contributed by atoms with Crippen LogP contribution in [0.4, 0.5) is 13.2 Å². The van der Waals surface area contributed by atoms with Crippen molar-refractivity contribution in [1.82, 2.24) is 4.31 Å². The molecule has 4 rings (SSSR count). The normalized spacial score (nSPS) is 26.2. The van der Waals surface area contributed by atoms with Crippen molar-refractivity contribution in [2.45, 2.75) is 61.8 Å². The van der Waals surface area contributed by atoms with Gasteiger partial charge in [0.25, 0.3) is 5.92 Å². The van der Waals surface area contributed by atoms with Crippen LogP contribution < -0.4 is 5.73 Å². The van der Waals surface area contributed by atoms with Gasteiger partial charge in [-0.15, -0.1) is 0 Å². The highest BCUT2D eigenvalue weighted by Crippen LogP contribution is 2.53. The maximum absolute atomic E-state index is 15.0. The van der Waals surface area contributed by atoms with E-state index in [1.165, 1.54) is 16.4 Å². The van der Waals surface area contributed by atoms with Crippen LogP contribution in [-0.2, 0) is 26.8 Å². The standard InChI is InChI=1S/C23H25F3N2O3S/c1-15-7-10-20(16-5-3-2-4-6-16)32(30,31)28(15)12-17-8-9-18(11-19(17)24)22(21(27)29)13-23(25,26)14-22/h2-6,8-9,11,15,20H,7,10,12-14H2,1H3,(H2,27,29)/t15-,20+/m0/s1. The minimum absolute atomic E-state index is 0.0916. The highest BCUT2D eigenvalue weighted by molar-refractivity contribution is 7.89. The van der Waals surface area contributed by atoms with Crippen molar-refractivity contribution in [1.29, 1.82) is 0 Å². The molecule has 2 atom stereocenters. The van der Waals surface area contributed by atoms with Crippen LogP contribution in [0.25, 0.3) is 0 Å². The van der Waals surface area contributed by atoms with E-state index < -0.39 is 51.2 Å². The number of hydrogen-bond acceptors (Lipinski definition) is 3. The van der Waals surface area contributed by atoms with Crippen molar-refractivity contribution in [2.24, 2.45) is 5.73 Å². The third-order valence-corrected chi connectivity index (χ3v) is 9.09. The second-order valence-electron chi connectivity index (χ2n) is 8.88. The van der Waals surface area contributed by atoms with Crippen molar-refractivity contribution >= 4 is 15.9 Å². The van der Waals surface area contributed by atoms with Gasteiger partial charge in [-0.05, 0) is 37.0 Å². The second-order valence-corrected chi connectivity index (χ2v) is 10.9. The number of nitrogens with two attached hydrogens (primary N) is 1. The first-order valence-corrected chi connectivity index (χ1v) is 12.0. The largest absolute Gasteiger partial charge is 0.369 e. The fourth-order valence-electron chi connectivity index (χ4n) is 4.84. The van der Waals surface area contributed by atoms with Gasteiger partial charge in [-0.1, -0.05) is 42.5 Å². The number of nitrogens with zero attached hydrogens (tertiary/aromatic N) is 1. The van der Waals surface area contributed by atoms with E-state index in [-0.39, 0.29) is 23.7 Å². The van der Waals surface area contributed by atoms with E-state index in [2.05, 4.69) is 0 Å². The summed E-state index contributed by atoms with van der Waals surface area (Å²) < 4.78 is 70.0. The molecule has 1 saturated carbocycles. The number of carbonyl (C=O) groups excluding carboxylic acids is 1. The molecule has 0 spiro atoms. The van der Waals surface area contributed by atoms with Crippen LogP contribution in [0.2, 0.25) is 0 Å². The fraction of sp³-hybridized carbons (Fsp3) is 0.435. The Morgan fingerprint density at radius 3 is 2.34 bits per heavy atom. The topological polar surface area (TPSA) is 80.5 Å². The van der Waals surface area contributed by atoms with Gasteiger partial charge < -0.3 is 5.73 Å². The zero-order chi connectivity index (χ0) is 23.3. The molecule has 0 radical (unpaired) electrons. The van der Waals surface area contributed by atoms with Gasteiger partial charge in [0.1, 0.15) is 11.1 Å². The Hall–Kier alpha value is -2.39. The quantitative estimate of drug-likeness (QED) is 0.723. The Bertz CT molecular complexity index is 1130. The molecule has 2 aromatic carbocycles. The Kier molecular flexibility index (Phi) is 5.61. The Morgan fingerprint density at radius 2 is 1.78 bits per heavy atom. The van der Waals surface area contributed by atoms with Crippen molar-refractivity contribution in [2.75, 3.05) is 0 Å². The van der Waals surface area contributed by atoms with Crippen molar-refractivity contribution in [3.8, 4) is 0 Å². The predicted molar refractivity (Wildman–Crippen MR) is 114 cm³/mol. The number of amides is 1. The van der Waals surface area contributed by atoms with Gasteiger partial charge in [-0.2, -0.15) is 4.31 Å². The molecule has 1 aliphatic heterocycles. The smallest absolute Gasteiger partial charge is 0.250 e. The highest BCUT2D eigenvalue weighted by atomic mass is 32.2. The number of benzene rings is 2. The Labute approximate surface area is 185 Å². The van der Waals surface area contributed by atoms with E-state index in [0.29, 0.717) is 18.4 Å². The first kappa shape index (κ1) is 22.8. The molecule has 2 N–H and O–H groups in total. The summed E-state index contributed by atoms with van der Waals surface area (Å²) >= 11 is 0. The lowest BCUT2D eigenvalue weighted by Gasteiger charge is -2.45. The maximum atomic E-state index is 15.0. The molecule has 2 aromatic rings. The first-order chi connectivity index (χ1) is 15.0. The fourth-order valence-corrected chi connectivity index (χ4v) is 7.03. The van der Waals surface area contributed by atoms with Gasteiger partial charge in [-0.3, -0.25) is 4.79 Å². The zero-order valence-electron chi connectivity index (χ0n) is 17.6. The third kappa shape index (κ3) is 3.81. The summed E-state index contributed by atoms with van der Waals surface area (Å²) in [5.41, 5.74) is 4.66. The van der Waals surface area contributed by atoms with E-state index in [0.717, 1.165) is 6.07 Å². The minimum Gasteiger partial charge on any atom is -0.369 e. The van der Waals surface area contributed by atoms with E-state index in [1.807, 2.05) is 6.07 Å². The predicted octanol–water partition coefficient (Wildman–Crippen LogP) is 4.03. The molecular weight excluding hydrogens is 441 g/mol. The summed E-state index contributed by atoms with van der Waals surface area (Å²) in [7, 11) is -3.75. The molecule has 32 heavy (non-hydrogen) atoms. The van der Waals surface area contributed by atoms with Gasteiger partial charge in [0.05, 0.1) is 5.41 Å². The van der Waals surface area contributed by atoms with Crippen molar-refractivity contribution in [3.63, 3.8) is 0 Å². The number of primary amides is 1. The number of halogens is 3. The van der Waals surface area contributed by atoms with Crippen LogP contribution in [0, 0.1) is 5.82 Å². The second kappa shape index (κ2) is 7.88. The lowest BCUT2D eigenvalue weighted by atomic mass is 9.61. The van der Waals surface area contributed by atoms with Crippen LogP contribution >= 0.6 is 0 Å². The molecule has 0 unspecified atom stereocenters. The van der Waals surface area contributed by atoms with Gasteiger partial charge in [0.2, 0.25) is 15.9 Å². The number of alkyl halides is 2. The maximum Gasteiger partial charge on any atom is 0.250 e. The van der Waals surface area contributed by atoms with E-state index in [4.69, 9.17) is 5.73 Å². The zero-order valence-corrected chi connectivity index (χ0v) is 18.4. The molecule has 1 saturated heterocycles. The molecule has 172 valence electrons. The number of hydrogen-bond donors (Lipinski definition) is 1. The molecule has 9 heteroatoms. The summed E-state index contributed by atoms with van der Waals surface area (Å²) in [6.45, 7) is 1.60. The van der Waals surface area contributed by atoms with Gasteiger partial charge >= 0.3 is 0 Å². The molecular formula is C23H25F3N2O3S. The van der Waals surface area contributed by atoms with Crippen LogP contribution in [0.3, 0.4) is 0 Å². The Morgan fingerprint density at radius 1 is 1.12 bits per heavy atom. The highest BCUT2D eigenvalue weighted by Gasteiger charge is 2.61.